The second-order valence-electron chi connectivity index (χ2n) is 4.04. The lowest BCUT2D eigenvalue weighted by Crippen LogP contribution is -2.14. The van der Waals surface area contributed by atoms with Gasteiger partial charge in [-0.15, -0.1) is 0 Å². The van der Waals surface area contributed by atoms with Crippen LogP contribution in [0.25, 0.3) is 11.0 Å². The summed E-state index contributed by atoms with van der Waals surface area (Å²) in [4.78, 5) is 16.3. The summed E-state index contributed by atoms with van der Waals surface area (Å²) < 4.78 is 7.54. The van der Waals surface area contributed by atoms with Gasteiger partial charge in [0, 0.05) is 7.05 Å². The molecule has 0 fully saturated rings. The van der Waals surface area contributed by atoms with E-state index in [0.29, 0.717) is 10.6 Å². The zero-order valence-electron chi connectivity index (χ0n) is 10.1. The Labute approximate surface area is 117 Å². The molecule has 0 saturated carbocycles. The number of nitrogens with one attached hydrogen (secondary N) is 1. The van der Waals surface area contributed by atoms with Gasteiger partial charge in [0.1, 0.15) is 0 Å². The van der Waals surface area contributed by atoms with Gasteiger partial charge < -0.3 is 8.98 Å². The molecule has 0 aliphatic rings. The molecule has 96 valence electrons. The van der Waals surface area contributed by atoms with E-state index >= 15 is 0 Å². The Morgan fingerprint density at radius 1 is 1.32 bits per heavy atom. The quantitative estimate of drug-likeness (QED) is 0.789. The van der Waals surface area contributed by atoms with E-state index in [1.165, 1.54) is 0 Å². The predicted octanol–water partition coefficient (Wildman–Crippen LogP) is 3.18. The molecule has 0 saturated heterocycles. The molecule has 0 atom stereocenters. The molecule has 0 bridgehead atoms. The number of imidazole rings is 1. The van der Waals surface area contributed by atoms with Gasteiger partial charge in [0.15, 0.2) is 10.4 Å². The molecule has 0 aliphatic heterocycles. The topological polar surface area (TPSA) is 60.1 Å². The minimum absolute atomic E-state index is 0.235. The van der Waals surface area contributed by atoms with Crippen LogP contribution in [0.15, 0.2) is 45.5 Å². The fourth-order valence-corrected chi connectivity index (χ4v) is 2.16. The fraction of sp³-hybridized carbons (Fsp3) is 0.0769. The van der Waals surface area contributed by atoms with Gasteiger partial charge in [0.25, 0.3) is 5.91 Å². The van der Waals surface area contributed by atoms with Gasteiger partial charge in [-0.3, -0.25) is 10.1 Å². The molecule has 2 heterocycles. The Morgan fingerprint density at radius 2 is 2.11 bits per heavy atom. The molecular formula is C13H10BrN3O2. The van der Waals surface area contributed by atoms with E-state index in [0.717, 1.165) is 11.0 Å². The summed E-state index contributed by atoms with van der Waals surface area (Å²) in [5.41, 5.74) is 1.79. The first kappa shape index (κ1) is 12.0. The second kappa shape index (κ2) is 4.55. The Balaban J connectivity index is 1.93. The van der Waals surface area contributed by atoms with Gasteiger partial charge in [-0.1, -0.05) is 12.1 Å². The molecule has 0 unspecified atom stereocenters. The largest absolute Gasteiger partial charge is 0.444 e. The molecule has 1 amide bonds. The minimum atomic E-state index is -0.330. The van der Waals surface area contributed by atoms with Crippen molar-refractivity contribution in [2.75, 3.05) is 5.32 Å². The van der Waals surface area contributed by atoms with Crippen LogP contribution < -0.4 is 5.32 Å². The summed E-state index contributed by atoms with van der Waals surface area (Å²) in [5, 5.41) is 2.73. The van der Waals surface area contributed by atoms with Crippen LogP contribution in [-0.2, 0) is 7.05 Å². The van der Waals surface area contributed by atoms with E-state index in [4.69, 9.17) is 4.42 Å². The molecule has 3 aromatic rings. The Hall–Kier alpha value is -2.08. The standard InChI is InChI=1S/C13H10BrN3O2/c1-17-9-5-3-2-4-8(9)15-13(17)16-12(18)10-6-7-11(14)19-10/h2-7H,1H3,(H,15,16,18). The number of anilines is 1. The van der Waals surface area contributed by atoms with Crippen molar-refractivity contribution in [3.63, 3.8) is 0 Å². The highest BCUT2D eigenvalue weighted by molar-refractivity contribution is 9.10. The number of hydrogen-bond donors (Lipinski definition) is 1. The lowest BCUT2D eigenvalue weighted by Gasteiger charge is -2.02. The number of halogens is 1. The van der Waals surface area contributed by atoms with Crippen LogP contribution in [0.4, 0.5) is 5.95 Å². The molecule has 0 spiro atoms. The summed E-state index contributed by atoms with van der Waals surface area (Å²) in [7, 11) is 1.85. The van der Waals surface area contributed by atoms with Gasteiger partial charge in [0.05, 0.1) is 11.0 Å². The first-order valence-corrected chi connectivity index (χ1v) is 6.42. The molecule has 6 heteroatoms. The van der Waals surface area contributed by atoms with Gasteiger partial charge in [-0.25, -0.2) is 4.98 Å². The summed E-state index contributed by atoms with van der Waals surface area (Å²) in [6.45, 7) is 0. The number of amides is 1. The number of fused-ring (bicyclic) bond motifs is 1. The average Bonchev–Trinajstić information content (AvgIpc) is 2.96. The predicted molar refractivity (Wildman–Crippen MR) is 75.1 cm³/mol. The number of nitrogens with zero attached hydrogens (tertiary/aromatic N) is 2. The van der Waals surface area contributed by atoms with Crippen LogP contribution in [0.3, 0.4) is 0 Å². The smallest absolute Gasteiger partial charge is 0.293 e. The van der Waals surface area contributed by atoms with E-state index in [2.05, 4.69) is 26.2 Å². The third-order valence-corrected chi connectivity index (χ3v) is 3.24. The molecule has 0 radical (unpaired) electrons. The number of para-hydroxylation sites is 2. The molecule has 19 heavy (non-hydrogen) atoms. The van der Waals surface area contributed by atoms with Crippen LogP contribution >= 0.6 is 15.9 Å². The highest BCUT2D eigenvalue weighted by atomic mass is 79.9. The molecule has 3 rings (SSSR count). The highest BCUT2D eigenvalue weighted by Gasteiger charge is 2.14. The van der Waals surface area contributed by atoms with E-state index < -0.39 is 0 Å². The van der Waals surface area contributed by atoms with Gasteiger partial charge >= 0.3 is 0 Å². The van der Waals surface area contributed by atoms with E-state index in [1.807, 2.05) is 35.9 Å². The number of aromatic nitrogens is 2. The third-order valence-electron chi connectivity index (χ3n) is 2.81. The van der Waals surface area contributed by atoms with Crippen molar-refractivity contribution < 1.29 is 9.21 Å². The highest BCUT2D eigenvalue weighted by Crippen LogP contribution is 2.19. The zero-order valence-corrected chi connectivity index (χ0v) is 11.6. The van der Waals surface area contributed by atoms with Gasteiger partial charge in [-0.05, 0) is 40.2 Å². The number of benzene rings is 1. The monoisotopic (exact) mass is 319 g/mol. The fourth-order valence-electron chi connectivity index (χ4n) is 1.86. The number of furan rings is 1. The number of hydrogen-bond acceptors (Lipinski definition) is 3. The van der Waals surface area contributed by atoms with Crippen molar-refractivity contribution in [1.29, 1.82) is 0 Å². The SMILES string of the molecule is Cn1c(NC(=O)c2ccc(Br)o2)nc2ccccc21. The summed E-state index contributed by atoms with van der Waals surface area (Å²) in [6.07, 6.45) is 0. The molecular weight excluding hydrogens is 310 g/mol. The van der Waals surface area contributed by atoms with E-state index in [1.54, 1.807) is 12.1 Å². The van der Waals surface area contributed by atoms with Crippen molar-refractivity contribution in [1.82, 2.24) is 9.55 Å². The van der Waals surface area contributed by atoms with E-state index in [-0.39, 0.29) is 11.7 Å². The first-order valence-electron chi connectivity index (χ1n) is 5.63. The van der Waals surface area contributed by atoms with Gasteiger partial charge in [0.2, 0.25) is 5.95 Å². The van der Waals surface area contributed by atoms with Crippen LogP contribution in [0.2, 0.25) is 0 Å². The maximum absolute atomic E-state index is 12.0. The Bertz CT molecular complexity index is 760. The molecule has 1 aromatic carbocycles. The molecule has 2 aromatic heterocycles. The lowest BCUT2D eigenvalue weighted by atomic mass is 10.3. The van der Waals surface area contributed by atoms with Crippen molar-refractivity contribution in [2.45, 2.75) is 0 Å². The van der Waals surface area contributed by atoms with Crippen molar-refractivity contribution in [2.24, 2.45) is 7.05 Å². The summed E-state index contributed by atoms with van der Waals surface area (Å²) >= 11 is 3.16. The molecule has 0 aliphatic carbocycles. The minimum Gasteiger partial charge on any atom is -0.444 e. The average molecular weight is 320 g/mol. The maximum atomic E-state index is 12.0. The van der Waals surface area contributed by atoms with Crippen LogP contribution in [0.1, 0.15) is 10.6 Å². The third kappa shape index (κ3) is 2.15. The van der Waals surface area contributed by atoms with Crippen LogP contribution in [0, 0.1) is 0 Å². The summed E-state index contributed by atoms with van der Waals surface area (Å²) in [6, 6.07) is 11.0. The lowest BCUT2D eigenvalue weighted by molar-refractivity contribution is 0.0994. The zero-order chi connectivity index (χ0) is 13.4. The van der Waals surface area contributed by atoms with Crippen molar-refractivity contribution >= 4 is 38.8 Å². The van der Waals surface area contributed by atoms with Crippen LogP contribution in [-0.4, -0.2) is 15.5 Å². The van der Waals surface area contributed by atoms with Crippen molar-refractivity contribution in [3.05, 3.63) is 46.8 Å². The van der Waals surface area contributed by atoms with Crippen LogP contribution in [0.5, 0.6) is 0 Å². The van der Waals surface area contributed by atoms with Crippen molar-refractivity contribution in [3.8, 4) is 0 Å². The summed E-state index contributed by atoms with van der Waals surface area (Å²) in [5.74, 6) is 0.391. The number of carbonyl (C=O) groups is 1. The number of rotatable bonds is 2. The van der Waals surface area contributed by atoms with E-state index in [9.17, 15) is 4.79 Å². The molecule has 1 N–H and O–H groups in total. The maximum Gasteiger partial charge on any atom is 0.293 e. The Kier molecular flexibility index (Phi) is 2.87. The normalized spacial score (nSPS) is 10.8. The molecule has 5 nitrogen and oxygen atoms in total. The second-order valence-corrected chi connectivity index (χ2v) is 4.82. The number of carbonyl (C=O) groups excluding carboxylic acids is 1. The number of aryl methyl sites for hydroxylation is 1. The first-order chi connectivity index (χ1) is 9.15. The van der Waals surface area contributed by atoms with Gasteiger partial charge in [-0.2, -0.15) is 0 Å². The Morgan fingerprint density at radius 3 is 2.79 bits per heavy atom.